The molecular weight excluding hydrogens is 290 g/mol. The lowest BCUT2D eigenvalue weighted by molar-refractivity contribution is -0.118. The summed E-state index contributed by atoms with van der Waals surface area (Å²) >= 11 is 0. The topological polar surface area (TPSA) is 47.6 Å². The molecule has 2 aromatic carbocycles. The van der Waals surface area contributed by atoms with Crippen molar-refractivity contribution >= 4 is 11.6 Å². The minimum absolute atomic E-state index is 0.0305. The van der Waals surface area contributed by atoms with Crippen LogP contribution in [0.1, 0.15) is 11.1 Å². The van der Waals surface area contributed by atoms with Gasteiger partial charge in [0.25, 0.3) is 5.91 Å². The van der Waals surface area contributed by atoms with Crippen molar-refractivity contribution < 1.29 is 14.3 Å². The Balaban J connectivity index is 1.84. The highest BCUT2D eigenvalue weighted by molar-refractivity contribution is 5.91. The molecule has 0 fully saturated rings. The summed E-state index contributed by atoms with van der Waals surface area (Å²) in [6.45, 7) is 8.06. The Hall–Kier alpha value is -2.75. The van der Waals surface area contributed by atoms with E-state index in [9.17, 15) is 4.79 Å². The largest absolute Gasteiger partial charge is 0.490 e. The van der Waals surface area contributed by atoms with Gasteiger partial charge >= 0.3 is 0 Å². The fourth-order valence-electron chi connectivity index (χ4n) is 1.94. The number of carbonyl (C=O) groups excluding carboxylic acids is 1. The number of aryl methyl sites for hydroxylation is 2. The van der Waals surface area contributed by atoms with Crippen LogP contribution in [0, 0.1) is 13.8 Å². The highest BCUT2D eigenvalue weighted by atomic mass is 16.5. The zero-order valence-electron chi connectivity index (χ0n) is 13.5. The third-order valence-electron chi connectivity index (χ3n) is 3.35. The summed E-state index contributed by atoms with van der Waals surface area (Å²) in [5.41, 5.74) is 3.03. The molecule has 23 heavy (non-hydrogen) atoms. The van der Waals surface area contributed by atoms with Crippen LogP contribution in [0.4, 0.5) is 5.69 Å². The van der Waals surface area contributed by atoms with Gasteiger partial charge in [-0.3, -0.25) is 4.79 Å². The normalized spacial score (nSPS) is 10.0. The molecule has 0 spiro atoms. The molecule has 0 aliphatic heterocycles. The smallest absolute Gasteiger partial charge is 0.262 e. The number of nitrogens with one attached hydrogen (secondary N) is 1. The fourth-order valence-corrected chi connectivity index (χ4v) is 1.94. The first-order valence-electron chi connectivity index (χ1n) is 7.42. The molecule has 2 aromatic rings. The van der Waals surface area contributed by atoms with Gasteiger partial charge in [0.05, 0.1) is 0 Å². The highest BCUT2D eigenvalue weighted by Crippen LogP contribution is 2.17. The van der Waals surface area contributed by atoms with Gasteiger partial charge in [-0.1, -0.05) is 18.7 Å². The number of benzene rings is 2. The molecule has 4 heteroatoms. The minimum atomic E-state index is -0.206. The molecule has 2 rings (SSSR count). The Morgan fingerprint density at radius 2 is 1.74 bits per heavy atom. The van der Waals surface area contributed by atoms with Crippen molar-refractivity contribution in [2.75, 3.05) is 18.5 Å². The van der Waals surface area contributed by atoms with Gasteiger partial charge in [0.15, 0.2) is 6.61 Å². The Morgan fingerprint density at radius 1 is 1.04 bits per heavy atom. The number of ether oxygens (including phenoxy) is 2. The van der Waals surface area contributed by atoms with Crippen molar-refractivity contribution in [3.63, 3.8) is 0 Å². The molecule has 0 aliphatic rings. The Kier molecular flexibility index (Phi) is 5.80. The average Bonchev–Trinajstić information content (AvgIpc) is 2.55. The molecule has 0 atom stereocenters. The van der Waals surface area contributed by atoms with Gasteiger partial charge in [0.1, 0.15) is 18.1 Å². The maximum absolute atomic E-state index is 11.9. The lowest BCUT2D eigenvalue weighted by atomic mass is 10.1. The Labute approximate surface area is 136 Å². The molecule has 1 amide bonds. The predicted molar refractivity (Wildman–Crippen MR) is 92.2 cm³/mol. The van der Waals surface area contributed by atoms with Crippen molar-refractivity contribution in [2.45, 2.75) is 13.8 Å². The van der Waals surface area contributed by atoms with Crippen LogP contribution in [-0.2, 0) is 4.79 Å². The van der Waals surface area contributed by atoms with Crippen LogP contribution >= 0.6 is 0 Å². The van der Waals surface area contributed by atoms with Gasteiger partial charge in [-0.2, -0.15) is 0 Å². The SMILES string of the molecule is C=CCOc1ccc(NC(=O)COc2ccc(C)c(C)c2)cc1. The van der Waals surface area contributed by atoms with E-state index in [1.54, 1.807) is 30.3 Å². The fraction of sp³-hybridized carbons (Fsp3) is 0.211. The molecule has 0 radical (unpaired) electrons. The van der Waals surface area contributed by atoms with Crippen LogP contribution in [0.25, 0.3) is 0 Å². The molecule has 4 nitrogen and oxygen atoms in total. The maximum atomic E-state index is 11.9. The molecular formula is C19H21NO3. The number of hydrogen-bond acceptors (Lipinski definition) is 3. The molecule has 0 aromatic heterocycles. The predicted octanol–water partition coefficient (Wildman–Crippen LogP) is 3.89. The first-order valence-corrected chi connectivity index (χ1v) is 7.42. The van der Waals surface area contributed by atoms with E-state index in [-0.39, 0.29) is 12.5 Å². The van der Waals surface area contributed by atoms with E-state index in [4.69, 9.17) is 9.47 Å². The summed E-state index contributed by atoms with van der Waals surface area (Å²) < 4.78 is 10.9. The minimum Gasteiger partial charge on any atom is -0.490 e. The van der Waals surface area contributed by atoms with Gasteiger partial charge in [0, 0.05) is 5.69 Å². The molecule has 0 saturated carbocycles. The number of anilines is 1. The Morgan fingerprint density at radius 3 is 2.39 bits per heavy atom. The van der Waals surface area contributed by atoms with Crippen molar-refractivity contribution in [2.24, 2.45) is 0 Å². The van der Waals surface area contributed by atoms with Crippen molar-refractivity contribution in [3.05, 3.63) is 66.2 Å². The van der Waals surface area contributed by atoms with Gasteiger partial charge in [-0.15, -0.1) is 0 Å². The molecule has 0 saturated heterocycles. The van der Waals surface area contributed by atoms with Crippen LogP contribution in [-0.4, -0.2) is 19.1 Å². The third kappa shape index (κ3) is 5.18. The lowest BCUT2D eigenvalue weighted by Gasteiger charge is -2.09. The highest BCUT2D eigenvalue weighted by Gasteiger charge is 2.05. The van der Waals surface area contributed by atoms with E-state index in [1.165, 1.54) is 5.56 Å². The molecule has 0 aliphatic carbocycles. The molecule has 0 heterocycles. The summed E-state index contributed by atoms with van der Waals surface area (Å²) in [6, 6.07) is 12.9. The van der Waals surface area contributed by atoms with Crippen molar-refractivity contribution in [1.82, 2.24) is 0 Å². The number of rotatable bonds is 7. The van der Waals surface area contributed by atoms with Gasteiger partial charge in [-0.25, -0.2) is 0 Å². The molecule has 0 unspecified atom stereocenters. The van der Waals surface area contributed by atoms with E-state index in [0.717, 1.165) is 11.3 Å². The van der Waals surface area contributed by atoms with Crippen LogP contribution in [0.3, 0.4) is 0 Å². The first kappa shape index (κ1) is 16.6. The van der Waals surface area contributed by atoms with Crippen molar-refractivity contribution in [1.29, 1.82) is 0 Å². The second-order valence-electron chi connectivity index (χ2n) is 5.21. The third-order valence-corrected chi connectivity index (χ3v) is 3.35. The molecule has 1 N–H and O–H groups in total. The van der Waals surface area contributed by atoms with Crippen LogP contribution in [0.5, 0.6) is 11.5 Å². The zero-order valence-corrected chi connectivity index (χ0v) is 13.5. The van der Waals surface area contributed by atoms with E-state index < -0.39 is 0 Å². The van der Waals surface area contributed by atoms with Crippen LogP contribution < -0.4 is 14.8 Å². The van der Waals surface area contributed by atoms with Gasteiger partial charge in [-0.05, 0) is 61.4 Å². The summed E-state index contributed by atoms with van der Waals surface area (Å²) in [6.07, 6.45) is 1.68. The lowest BCUT2D eigenvalue weighted by Crippen LogP contribution is -2.20. The molecule has 120 valence electrons. The number of amides is 1. The van der Waals surface area contributed by atoms with E-state index in [0.29, 0.717) is 18.0 Å². The monoisotopic (exact) mass is 311 g/mol. The van der Waals surface area contributed by atoms with Crippen LogP contribution in [0.15, 0.2) is 55.1 Å². The van der Waals surface area contributed by atoms with Crippen molar-refractivity contribution in [3.8, 4) is 11.5 Å². The summed E-state index contributed by atoms with van der Waals surface area (Å²) in [7, 11) is 0. The van der Waals surface area contributed by atoms with E-state index >= 15 is 0 Å². The van der Waals surface area contributed by atoms with E-state index in [2.05, 4.69) is 11.9 Å². The van der Waals surface area contributed by atoms with E-state index in [1.807, 2.05) is 32.0 Å². The zero-order chi connectivity index (χ0) is 16.7. The standard InChI is InChI=1S/C19H21NO3/c1-4-11-22-17-9-6-16(7-10-17)20-19(21)13-23-18-8-5-14(2)15(3)12-18/h4-10,12H,1,11,13H2,2-3H3,(H,20,21). The second-order valence-corrected chi connectivity index (χ2v) is 5.21. The summed E-state index contributed by atoms with van der Waals surface area (Å²) in [5.74, 6) is 1.22. The first-order chi connectivity index (χ1) is 11.1. The van der Waals surface area contributed by atoms with Gasteiger partial charge in [0.2, 0.25) is 0 Å². The number of carbonyl (C=O) groups is 1. The number of hydrogen-bond donors (Lipinski definition) is 1. The quantitative estimate of drug-likeness (QED) is 0.789. The Bertz CT molecular complexity index is 678. The summed E-state index contributed by atoms with van der Waals surface area (Å²) in [4.78, 5) is 11.9. The maximum Gasteiger partial charge on any atom is 0.262 e. The second kappa shape index (κ2) is 8.03. The summed E-state index contributed by atoms with van der Waals surface area (Å²) in [5, 5.41) is 2.78. The average molecular weight is 311 g/mol. The van der Waals surface area contributed by atoms with Crippen LogP contribution in [0.2, 0.25) is 0 Å². The molecule has 0 bridgehead atoms. The van der Waals surface area contributed by atoms with Gasteiger partial charge < -0.3 is 14.8 Å².